The molecule has 6 nitrogen and oxygen atoms in total. The molecule has 0 saturated heterocycles. The first-order valence-electron chi connectivity index (χ1n) is 6.58. The number of H-pyrrole nitrogens is 1. The van der Waals surface area contributed by atoms with Crippen molar-refractivity contribution in [2.75, 3.05) is 32.2 Å². The number of rotatable bonds is 7. The van der Waals surface area contributed by atoms with Gasteiger partial charge in [0.25, 0.3) is 0 Å². The van der Waals surface area contributed by atoms with Gasteiger partial charge < -0.3 is 9.72 Å². The molecule has 21 heavy (non-hydrogen) atoms. The van der Waals surface area contributed by atoms with E-state index in [1.54, 1.807) is 39.6 Å². The van der Waals surface area contributed by atoms with Crippen molar-refractivity contribution in [2.45, 2.75) is 25.7 Å². The predicted octanol–water partition coefficient (Wildman–Crippen LogP) is 1.79. The molecule has 120 valence electrons. The van der Waals surface area contributed by atoms with Crippen molar-refractivity contribution in [3.63, 3.8) is 0 Å². The fourth-order valence-electron chi connectivity index (χ4n) is 2.02. The first-order valence-corrected chi connectivity index (χ1v) is 9.42. The minimum atomic E-state index is -3.62. The van der Waals surface area contributed by atoms with Crippen molar-refractivity contribution in [3.8, 4) is 0 Å². The van der Waals surface area contributed by atoms with E-state index in [0.29, 0.717) is 23.6 Å². The Balaban J connectivity index is 3.22. The molecular weight excluding hydrogens is 312 g/mol. The van der Waals surface area contributed by atoms with E-state index in [2.05, 4.69) is 4.98 Å². The van der Waals surface area contributed by atoms with Gasteiger partial charge in [-0.3, -0.25) is 0 Å². The number of esters is 1. The van der Waals surface area contributed by atoms with Gasteiger partial charge in [-0.25, -0.2) is 17.5 Å². The predicted molar refractivity (Wildman–Crippen MR) is 84.4 cm³/mol. The molecule has 0 saturated carbocycles. The lowest BCUT2D eigenvalue weighted by atomic mass is 10.2. The van der Waals surface area contributed by atoms with E-state index < -0.39 is 16.0 Å². The zero-order valence-electron chi connectivity index (χ0n) is 13.0. The van der Waals surface area contributed by atoms with E-state index >= 15 is 0 Å². The molecule has 0 spiro atoms. The number of nitrogens with zero attached hydrogens (tertiary/aromatic N) is 1. The molecule has 0 aliphatic carbocycles. The van der Waals surface area contributed by atoms with Crippen LogP contribution in [0.15, 0.2) is 4.90 Å². The summed E-state index contributed by atoms with van der Waals surface area (Å²) in [5, 5.41) is 0. The van der Waals surface area contributed by atoms with Gasteiger partial charge in [0.05, 0.1) is 6.61 Å². The van der Waals surface area contributed by atoms with Gasteiger partial charge in [-0.05, 0) is 27.0 Å². The highest BCUT2D eigenvalue weighted by atomic mass is 32.2. The summed E-state index contributed by atoms with van der Waals surface area (Å²) in [6, 6.07) is 0. The maximum atomic E-state index is 12.6. The number of hydrogen-bond acceptors (Lipinski definition) is 5. The molecule has 1 aromatic rings. The number of carbonyl (C=O) groups is 1. The second-order valence-electron chi connectivity index (χ2n) is 4.62. The molecule has 1 N–H and O–H groups in total. The van der Waals surface area contributed by atoms with Crippen LogP contribution in [-0.4, -0.2) is 55.9 Å². The van der Waals surface area contributed by atoms with E-state index in [9.17, 15) is 13.2 Å². The molecule has 0 aromatic carbocycles. The number of thioether (sulfide) groups is 1. The molecule has 0 aliphatic rings. The minimum Gasteiger partial charge on any atom is -0.461 e. The third-order valence-corrected chi connectivity index (χ3v) is 5.85. The summed E-state index contributed by atoms with van der Waals surface area (Å²) >= 11 is 1.58. The molecule has 0 amide bonds. The van der Waals surface area contributed by atoms with Crippen LogP contribution in [0.3, 0.4) is 0 Å². The first-order chi connectivity index (χ1) is 9.77. The summed E-state index contributed by atoms with van der Waals surface area (Å²) < 4.78 is 31.5. The topological polar surface area (TPSA) is 79.5 Å². The molecular formula is C13H22N2O4S2. The van der Waals surface area contributed by atoms with Crippen molar-refractivity contribution in [1.82, 2.24) is 9.29 Å². The molecule has 8 heteroatoms. The molecule has 1 aromatic heterocycles. The zero-order valence-corrected chi connectivity index (χ0v) is 14.7. The normalized spacial score (nSPS) is 11.9. The van der Waals surface area contributed by atoms with Crippen molar-refractivity contribution in [3.05, 3.63) is 17.0 Å². The van der Waals surface area contributed by atoms with Crippen LogP contribution in [0, 0.1) is 13.8 Å². The van der Waals surface area contributed by atoms with Crippen LogP contribution in [0.25, 0.3) is 0 Å². The lowest BCUT2D eigenvalue weighted by Gasteiger charge is -2.17. The highest BCUT2D eigenvalue weighted by molar-refractivity contribution is 7.98. The number of carbonyl (C=O) groups excluding carboxylic acids is 1. The van der Waals surface area contributed by atoms with E-state index in [0.717, 1.165) is 0 Å². The van der Waals surface area contributed by atoms with E-state index in [-0.39, 0.29) is 17.2 Å². The van der Waals surface area contributed by atoms with Gasteiger partial charge >= 0.3 is 5.97 Å². The van der Waals surface area contributed by atoms with Crippen molar-refractivity contribution in [1.29, 1.82) is 0 Å². The summed E-state index contributed by atoms with van der Waals surface area (Å²) in [4.78, 5) is 14.8. The summed E-state index contributed by atoms with van der Waals surface area (Å²) in [6.07, 6.45) is 1.92. The second-order valence-corrected chi connectivity index (χ2v) is 7.59. The lowest BCUT2D eigenvalue weighted by molar-refractivity contribution is 0.0519. The van der Waals surface area contributed by atoms with E-state index in [4.69, 9.17) is 4.74 Å². The number of nitrogens with one attached hydrogen (secondary N) is 1. The Kier molecular flexibility index (Phi) is 6.30. The average molecular weight is 334 g/mol. The number of hydrogen-bond donors (Lipinski definition) is 1. The molecule has 0 unspecified atom stereocenters. The van der Waals surface area contributed by atoms with Crippen LogP contribution < -0.4 is 0 Å². The first kappa shape index (κ1) is 18.1. The van der Waals surface area contributed by atoms with Crippen molar-refractivity contribution < 1.29 is 17.9 Å². The van der Waals surface area contributed by atoms with Crippen molar-refractivity contribution in [2.24, 2.45) is 0 Å². The maximum absolute atomic E-state index is 12.6. The summed E-state index contributed by atoms with van der Waals surface area (Å²) in [7, 11) is -2.08. The Morgan fingerprint density at radius 1 is 1.38 bits per heavy atom. The van der Waals surface area contributed by atoms with Crippen LogP contribution in [-0.2, 0) is 14.8 Å². The van der Waals surface area contributed by atoms with Gasteiger partial charge in [0.1, 0.15) is 10.6 Å². The Hall–Kier alpha value is -0.990. The fraction of sp³-hybridized carbons (Fsp3) is 0.615. The third kappa shape index (κ3) is 3.81. The summed E-state index contributed by atoms with van der Waals surface area (Å²) in [5.41, 5.74) is 1.06. The Bertz CT molecular complexity index is 608. The quantitative estimate of drug-likeness (QED) is 0.769. The average Bonchev–Trinajstić information content (AvgIpc) is 2.71. The maximum Gasteiger partial charge on any atom is 0.355 e. The van der Waals surface area contributed by atoms with Crippen LogP contribution in [0.4, 0.5) is 0 Å². The Morgan fingerprint density at radius 3 is 2.52 bits per heavy atom. The third-order valence-electron chi connectivity index (χ3n) is 3.13. The van der Waals surface area contributed by atoms with Gasteiger partial charge in [-0.2, -0.15) is 11.8 Å². The largest absolute Gasteiger partial charge is 0.461 e. The Morgan fingerprint density at radius 2 is 2.00 bits per heavy atom. The van der Waals surface area contributed by atoms with Crippen molar-refractivity contribution >= 4 is 27.8 Å². The Labute approximate surface area is 130 Å². The SMILES string of the molecule is CCOC(=O)c1[nH]c(C)c(S(=O)(=O)N(C)CCSC)c1C. The highest BCUT2D eigenvalue weighted by Crippen LogP contribution is 2.26. The van der Waals surface area contributed by atoms with Gasteiger partial charge in [-0.1, -0.05) is 0 Å². The molecule has 1 heterocycles. The molecule has 0 fully saturated rings. The smallest absolute Gasteiger partial charge is 0.355 e. The molecule has 0 bridgehead atoms. The second kappa shape index (κ2) is 7.33. The molecule has 0 atom stereocenters. The molecule has 0 radical (unpaired) electrons. The number of aromatic amines is 1. The van der Waals surface area contributed by atoms with Gasteiger partial charge in [0.2, 0.25) is 10.0 Å². The number of aromatic nitrogens is 1. The molecule has 0 aliphatic heterocycles. The highest BCUT2D eigenvalue weighted by Gasteiger charge is 2.29. The number of sulfonamides is 1. The van der Waals surface area contributed by atoms with Crippen LogP contribution >= 0.6 is 11.8 Å². The number of aryl methyl sites for hydroxylation is 1. The van der Waals surface area contributed by atoms with Crippen LogP contribution in [0.2, 0.25) is 0 Å². The van der Waals surface area contributed by atoms with E-state index in [1.807, 2.05) is 6.26 Å². The minimum absolute atomic E-state index is 0.161. The zero-order chi connectivity index (χ0) is 16.2. The van der Waals surface area contributed by atoms with Crippen LogP contribution in [0.5, 0.6) is 0 Å². The molecule has 1 rings (SSSR count). The summed E-state index contributed by atoms with van der Waals surface area (Å²) in [5.74, 6) is 0.175. The fourth-order valence-corrected chi connectivity index (χ4v) is 4.17. The number of ether oxygens (including phenoxy) is 1. The van der Waals surface area contributed by atoms with Gasteiger partial charge in [-0.15, -0.1) is 0 Å². The van der Waals surface area contributed by atoms with E-state index in [1.165, 1.54) is 4.31 Å². The van der Waals surface area contributed by atoms with Gasteiger partial charge in [0, 0.05) is 30.6 Å². The monoisotopic (exact) mass is 334 g/mol. The van der Waals surface area contributed by atoms with Crippen LogP contribution in [0.1, 0.15) is 28.7 Å². The summed E-state index contributed by atoms with van der Waals surface area (Å²) in [6.45, 7) is 5.63. The lowest BCUT2D eigenvalue weighted by Crippen LogP contribution is -2.29. The van der Waals surface area contributed by atoms with Gasteiger partial charge in [0.15, 0.2) is 0 Å². The standard InChI is InChI=1S/C13H22N2O4S2/c1-6-19-13(16)11-9(2)12(10(3)14-11)21(17,18)15(4)7-8-20-5/h14H,6-8H2,1-5H3.